The summed E-state index contributed by atoms with van der Waals surface area (Å²) in [7, 11) is -2.78. The van der Waals surface area contributed by atoms with E-state index in [1.165, 1.54) is 20.7 Å². The zero-order chi connectivity index (χ0) is 37.2. The van der Waals surface area contributed by atoms with Crippen LogP contribution in [0.5, 0.6) is 34.5 Å². The fourth-order valence-corrected chi connectivity index (χ4v) is 14.6. The zero-order valence-electron chi connectivity index (χ0n) is 30.5. The molecule has 8 aromatic carbocycles. The van der Waals surface area contributed by atoms with Gasteiger partial charge < -0.3 is 14.2 Å². The first-order valence-electron chi connectivity index (χ1n) is 19.3. The number of para-hydroxylation sites is 2. The molecule has 0 amide bonds. The predicted octanol–water partition coefficient (Wildman–Crippen LogP) is 6.64. The topological polar surface area (TPSA) is 49.9 Å². The molecule has 13 rings (SSSR count). The number of hydrogen-bond acceptors (Lipinski definition) is 4. The largest absolute Gasteiger partial charge is 0.458 e. The molecule has 3 aliphatic heterocycles. The summed E-state index contributed by atoms with van der Waals surface area (Å²) in [5.41, 5.74) is 8.15. The normalized spacial score (nSPS) is 13.3. The Morgan fingerprint density at radius 1 is 0.404 bits per heavy atom. The Balaban J connectivity index is 1.07. The van der Waals surface area contributed by atoms with Gasteiger partial charge in [0.25, 0.3) is 6.71 Å². The molecule has 0 saturated carbocycles. The van der Waals surface area contributed by atoms with E-state index in [2.05, 4.69) is 155 Å². The van der Waals surface area contributed by atoms with Crippen molar-refractivity contribution in [1.82, 2.24) is 14.0 Å². The molecule has 266 valence electrons. The molecule has 0 spiro atoms. The Morgan fingerprint density at radius 2 is 0.877 bits per heavy atom. The van der Waals surface area contributed by atoms with Crippen LogP contribution in [0, 0.1) is 0 Å². The predicted molar refractivity (Wildman–Crippen MR) is 231 cm³/mol. The summed E-state index contributed by atoms with van der Waals surface area (Å²) >= 11 is 0. The van der Waals surface area contributed by atoms with Gasteiger partial charge in [0.1, 0.15) is 34.5 Å². The number of fused-ring (bicyclic) bond motifs is 5. The summed E-state index contributed by atoms with van der Waals surface area (Å²) in [4.78, 5) is 5.40. The van der Waals surface area contributed by atoms with Crippen molar-refractivity contribution in [2.75, 3.05) is 0 Å². The van der Waals surface area contributed by atoms with E-state index >= 15 is 0 Å². The average Bonchev–Trinajstić information content (AvgIpc) is 3.79. The Morgan fingerprint density at radius 3 is 1.42 bits per heavy atom. The number of nitrogens with zero attached hydrogens (tertiary/aromatic N) is 3. The fraction of sp³-hybridized carbons (Fsp3) is 0. The second-order valence-corrected chi connectivity index (χ2v) is 18.9. The van der Waals surface area contributed by atoms with E-state index in [1.54, 1.807) is 0 Å². The van der Waals surface area contributed by atoms with Crippen LogP contribution in [0.25, 0.3) is 33.5 Å². The molecule has 0 atom stereocenters. The van der Waals surface area contributed by atoms with E-state index in [0.717, 1.165) is 84.4 Å². The van der Waals surface area contributed by atoms with Crippen LogP contribution in [0.15, 0.2) is 182 Å². The van der Waals surface area contributed by atoms with Gasteiger partial charge in [-0.15, -0.1) is 0 Å². The second kappa shape index (κ2) is 11.4. The molecule has 57 heavy (non-hydrogen) atoms. The van der Waals surface area contributed by atoms with Crippen molar-refractivity contribution in [3.8, 4) is 40.2 Å². The lowest BCUT2D eigenvalue weighted by Gasteiger charge is -2.37. The molecule has 0 aliphatic carbocycles. The molecular weight excluding hydrogens is 717 g/mol. The molecule has 10 aromatic rings. The number of aromatic nitrogens is 3. The average molecular weight is 748 g/mol. The SMILES string of the molecule is c1ccc([Si](c2ccccc2)(c2ccccc2)c2ccc3nc4n(-c5cc6c7c(c5)Oc5cccc8c5B7c5c(cccc5O6)O8)c5ccccc5n4c3c2)cc1. The summed E-state index contributed by atoms with van der Waals surface area (Å²) < 4.78 is 24.5. The van der Waals surface area contributed by atoms with Gasteiger partial charge in [-0.3, -0.25) is 8.97 Å². The molecule has 3 aliphatic rings. The molecule has 0 saturated heterocycles. The third-order valence-electron chi connectivity index (χ3n) is 12.2. The maximum absolute atomic E-state index is 6.75. The smallest absolute Gasteiger partial charge is 0.270 e. The maximum atomic E-state index is 6.75. The van der Waals surface area contributed by atoms with E-state index in [1.807, 2.05) is 36.4 Å². The summed E-state index contributed by atoms with van der Waals surface area (Å²) in [6.45, 7) is -0.0464. The van der Waals surface area contributed by atoms with Gasteiger partial charge in [0.05, 0.1) is 27.8 Å². The summed E-state index contributed by atoms with van der Waals surface area (Å²) in [6.07, 6.45) is 0. The van der Waals surface area contributed by atoms with Crippen LogP contribution >= 0.6 is 0 Å². The minimum Gasteiger partial charge on any atom is -0.458 e. The Kier molecular flexibility index (Phi) is 6.18. The monoisotopic (exact) mass is 747 g/mol. The van der Waals surface area contributed by atoms with Crippen LogP contribution in [0.4, 0.5) is 0 Å². The van der Waals surface area contributed by atoms with E-state index in [-0.39, 0.29) is 6.71 Å². The van der Waals surface area contributed by atoms with Gasteiger partial charge in [-0.2, -0.15) is 0 Å². The lowest BCUT2D eigenvalue weighted by atomic mass is 9.34. The molecule has 0 bridgehead atoms. The van der Waals surface area contributed by atoms with Gasteiger partial charge in [-0.1, -0.05) is 121 Å². The third kappa shape index (κ3) is 4.12. The standard InChI is InChI=1S/C49H30BN3O3Si/c1-4-14-32(15-5-1)57(33-16-6-2-7-17-33,34-18-8-3-9-19-34)35-26-27-36-39(30-35)53-38-21-11-10-20-37(38)52(49(53)51-36)31-28-44-48-45(29-31)56-43-25-13-23-41-47(43)50(48)46-40(54-41)22-12-24-42(46)55-44/h1-30H. The molecule has 8 heteroatoms. The molecule has 0 fully saturated rings. The van der Waals surface area contributed by atoms with Crippen LogP contribution in [0.1, 0.15) is 0 Å². The van der Waals surface area contributed by atoms with Crippen molar-refractivity contribution in [2.45, 2.75) is 0 Å². The Labute approximate surface area is 328 Å². The van der Waals surface area contributed by atoms with Gasteiger partial charge in [0, 0.05) is 28.5 Å². The highest BCUT2D eigenvalue weighted by Gasteiger charge is 2.47. The van der Waals surface area contributed by atoms with Crippen molar-refractivity contribution >= 4 is 79.8 Å². The molecule has 0 radical (unpaired) electrons. The van der Waals surface area contributed by atoms with Crippen LogP contribution < -0.4 is 51.3 Å². The van der Waals surface area contributed by atoms with Crippen molar-refractivity contribution in [1.29, 1.82) is 0 Å². The molecule has 0 unspecified atom stereocenters. The zero-order valence-corrected chi connectivity index (χ0v) is 31.5. The van der Waals surface area contributed by atoms with Gasteiger partial charge in [-0.05, 0) is 69.3 Å². The first kappa shape index (κ1) is 31.0. The molecule has 6 nitrogen and oxygen atoms in total. The molecule has 5 heterocycles. The van der Waals surface area contributed by atoms with Crippen LogP contribution in [0.3, 0.4) is 0 Å². The number of imidazole rings is 2. The van der Waals surface area contributed by atoms with Crippen LogP contribution in [-0.2, 0) is 0 Å². The summed E-state index contributed by atoms with van der Waals surface area (Å²) in [5.74, 6) is 5.64. The van der Waals surface area contributed by atoms with Gasteiger partial charge >= 0.3 is 0 Å². The first-order valence-corrected chi connectivity index (χ1v) is 21.3. The molecule has 2 aromatic heterocycles. The second-order valence-electron chi connectivity index (χ2n) is 15.1. The summed E-state index contributed by atoms with van der Waals surface area (Å²) in [5, 5.41) is 5.30. The number of rotatable bonds is 5. The lowest BCUT2D eigenvalue weighted by Crippen LogP contribution is -2.74. The van der Waals surface area contributed by atoms with E-state index in [4.69, 9.17) is 19.2 Å². The minimum absolute atomic E-state index is 0.0464. The quantitative estimate of drug-likeness (QED) is 0.147. The Hall–Kier alpha value is -7.29. The first-order chi connectivity index (χ1) is 28.3. The fourth-order valence-electron chi connectivity index (χ4n) is 9.88. The highest BCUT2D eigenvalue weighted by atomic mass is 28.3. The van der Waals surface area contributed by atoms with E-state index in [0.29, 0.717) is 0 Å². The Bertz CT molecular complexity index is 3120. The van der Waals surface area contributed by atoms with E-state index in [9.17, 15) is 0 Å². The van der Waals surface area contributed by atoms with Crippen LogP contribution in [-0.4, -0.2) is 28.7 Å². The molecule has 0 N–H and O–H groups in total. The highest BCUT2D eigenvalue weighted by Crippen LogP contribution is 2.43. The van der Waals surface area contributed by atoms with Crippen LogP contribution in [0.2, 0.25) is 0 Å². The van der Waals surface area contributed by atoms with Gasteiger partial charge in [0.2, 0.25) is 5.78 Å². The minimum atomic E-state index is -2.78. The van der Waals surface area contributed by atoms with Gasteiger partial charge in [-0.25, -0.2) is 4.98 Å². The maximum Gasteiger partial charge on any atom is 0.270 e. The van der Waals surface area contributed by atoms with Crippen molar-refractivity contribution in [3.05, 3.63) is 182 Å². The summed E-state index contributed by atoms with van der Waals surface area (Å²) in [6, 6.07) is 65.1. The lowest BCUT2D eigenvalue weighted by molar-refractivity contribution is 0.442. The molecular formula is C49H30BN3O3Si. The number of ether oxygens (including phenoxy) is 3. The van der Waals surface area contributed by atoms with E-state index < -0.39 is 8.07 Å². The van der Waals surface area contributed by atoms with Crippen molar-refractivity contribution in [2.24, 2.45) is 0 Å². The van der Waals surface area contributed by atoms with Crippen molar-refractivity contribution < 1.29 is 14.2 Å². The highest BCUT2D eigenvalue weighted by molar-refractivity contribution is 7.20. The number of benzene rings is 8. The van der Waals surface area contributed by atoms with Crippen molar-refractivity contribution in [3.63, 3.8) is 0 Å². The third-order valence-corrected chi connectivity index (χ3v) is 17.0. The number of hydrogen-bond donors (Lipinski definition) is 0. The van der Waals surface area contributed by atoms with Gasteiger partial charge in [0.15, 0.2) is 8.07 Å².